The molecule has 1 aromatic carbocycles. The van der Waals surface area contributed by atoms with Crippen LogP contribution in [0.25, 0.3) is 0 Å². The summed E-state index contributed by atoms with van der Waals surface area (Å²) in [6, 6.07) is 7.44. The van der Waals surface area contributed by atoms with Crippen molar-refractivity contribution in [3.8, 4) is 0 Å². The molecule has 1 aromatic rings. The number of rotatable bonds is 6. The number of amides is 1. The van der Waals surface area contributed by atoms with Crippen LogP contribution in [0.1, 0.15) is 22.8 Å². The Morgan fingerprint density at radius 1 is 1.42 bits per heavy atom. The third-order valence-corrected chi connectivity index (χ3v) is 4.07. The number of thiol groups is 1. The molecule has 104 valence electrons. The Kier molecular flexibility index (Phi) is 7.45. The highest BCUT2D eigenvalue weighted by molar-refractivity contribution is 8.41. The van der Waals surface area contributed by atoms with Gasteiger partial charge in [-0.05, 0) is 24.6 Å². The quantitative estimate of drug-likeness (QED) is 0.625. The lowest BCUT2D eigenvalue weighted by molar-refractivity contribution is 0.0732. The maximum Gasteiger partial charge on any atom is 0.253 e. The number of thiocarbonyl (C=S) groups is 1. The van der Waals surface area contributed by atoms with Crippen LogP contribution in [0.15, 0.2) is 24.3 Å². The van der Waals surface area contributed by atoms with E-state index in [2.05, 4.69) is 12.6 Å². The molecule has 0 bridgehead atoms. The molecule has 0 saturated carbocycles. The van der Waals surface area contributed by atoms with Crippen LogP contribution in [0.5, 0.6) is 0 Å². The van der Waals surface area contributed by atoms with Gasteiger partial charge in [0.25, 0.3) is 5.91 Å². The van der Waals surface area contributed by atoms with E-state index >= 15 is 0 Å². The van der Waals surface area contributed by atoms with E-state index in [-0.39, 0.29) is 12.5 Å². The Morgan fingerprint density at radius 3 is 2.53 bits per heavy atom. The van der Waals surface area contributed by atoms with Crippen LogP contribution in [0.2, 0.25) is 0 Å². The summed E-state index contributed by atoms with van der Waals surface area (Å²) in [5.41, 5.74) is 1.74. The van der Waals surface area contributed by atoms with Crippen molar-refractivity contribution in [2.45, 2.75) is 12.7 Å². The molecule has 1 amide bonds. The average molecular weight is 315 g/mol. The summed E-state index contributed by atoms with van der Waals surface area (Å²) in [5, 5.41) is 8.91. The van der Waals surface area contributed by atoms with Crippen LogP contribution in [0, 0.1) is 0 Å². The van der Waals surface area contributed by atoms with Crippen molar-refractivity contribution >= 4 is 46.0 Å². The predicted octanol–water partition coefficient (Wildman–Crippen LogP) is 2.59. The molecule has 6 heteroatoms. The minimum Gasteiger partial charge on any atom is -0.395 e. The smallest absolute Gasteiger partial charge is 0.253 e. The van der Waals surface area contributed by atoms with E-state index in [1.54, 1.807) is 17.0 Å². The Bertz CT molecular complexity index is 434. The molecular formula is C13H17NO2S3. The molecule has 0 aliphatic heterocycles. The Balaban J connectivity index is 2.69. The first-order valence-corrected chi connectivity index (χ1v) is 7.77. The van der Waals surface area contributed by atoms with Gasteiger partial charge in [-0.3, -0.25) is 4.79 Å². The van der Waals surface area contributed by atoms with Gasteiger partial charge in [0.1, 0.15) is 3.53 Å². The molecule has 0 fully saturated rings. The van der Waals surface area contributed by atoms with E-state index in [1.165, 1.54) is 11.8 Å². The minimum absolute atomic E-state index is 0.0201. The zero-order valence-electron chi connectivity index (χ0n) is 10.7. The Labute approximate surface area is 128 Å². The van der Waals surface area contributed by atoms with Crippen molar-refractivity contribution in [1.29, 1.82) is 0 Å². The number of carbonyl (C=O) groups is 1. The lowest BCUT2D eigenvalue weighted by atomic mass is 10.1. The molecule has 1 rings (SSSR count). The lowest BCUT2D eigenvalue weighted by Gasteiger charge is -2.19. The largest absolute Gasteiger partial charge is 0.395 e. The summed E-state index contributed by atoms with van der Waals surface area (Å²) in [6.07, 6.45) is 0. The van der Waals surface area contributed by atoms with Gasteiger partial charge in [-0.15, -0.1) is 24.4 Å². The van der Waals surface area contributed by atoms with Crippen molar-refractivity contribution < 1.29 is 9.90 Å². The second kappa shape index (κ2) is 8.58. The third-order valence-electron chi connectivity index (χ3n) is 2.60. The van der Waals surface area contributed by atoms with E-state index in [0.29, 0.717) is 22.2 Å². The molecule has 0 saturated heterocycles. The standard InChI is InChI=1S/C13H17NO2S3/c1-2-14(7-8-15)12(16)11-5-3-10(4-6-11)9-19-13(17)18/h3-6,15H,2,7-9H2,1H3,(H,17,18). The van der Waals surface area contributed by atoms with E-state index in [0.717, 1.165) is 11.3 Å². The van der Waals surface area contributed by atoms with E-state index in [9.17, 15) is 4.79 Å². The number of hydrogen-bond acceptors (Lipinski definition) is 4. The van der Waals surface area contributed by atoms with Crippen LogP contribution in [-0.2, 0) is 5.75 Å². The van der Waals surface area contributed by atoms with Crippen LogP contribution in [0.4, 0.5) is 0 Å². The highest BCUT2D eigenvalue weighted by atomic mass is 32.2. The first kappa shape index (κ1) is 16.5. The molecule has 3 nitrogen and oxygen atoms in total. The molecule has 0 aliphatic rings. The van der Waals surface area contributed by atoms with Crippen molar-refractivity contribution in [3.63, 3.8) is 0 Å². The van der Waals surface area contributed by atoms with Crippen LogP contribution in [0.3, 0.4) is 0 Å². The summed E-state index contributed by atoms with van der Waals surface area (Å²) in [5.74, 6) is 0.700. The van der Waals surface area contributed by atoms with Crippen molar-refractivity contribution in [1.82, 2.24) is 4.90 Å². The number of aliphatic hydroxyl groups is 1. The molecule has 0 spiro atoms. The molecule has 19 heavy (non-hydrogen) atoms. The maximum atomic E-state index is 12.1. The van der Waals surface area contributed by atoms with Crippen molar-refractivity contribution in [3.05, 3.63) is 35.4 Å². The SMILES string of the molecule is CCN(CCO)C(=O)c1ccc(CSC(=S)S)cc1. The predicted molar refractivity (Wildman–Crippen MR) is 88.0 cm³/mol. The number of benzene rings is 1. The molecule has 0 aliphatic carbocycles. The fourth-order valence-electron chi connectivity index (χ4n) is 1.60. The van der Waals surface area contributed by atoms with Gasteiger partial charge in [-0.1, -0.05) is 24.4 Å². The van der Waals surface area contributed by atoms with Gasteiger partial charge in [0.15, 0.2) is 0 Å². The number of carbonyl (C=O) groups excluding carboxylic acids is 1. The molecule has 0 unspecified atom stereocenters. The van der Waals surface area contributed by atoms with Gasteiger partial charge >= 0.3 is 0 Å². The van der Waals surface area contributed by atoms with Crippen LogP contribution < -0.4 is 0 Å². The molecule has 0 atom stereocenters. The van der Waals surface area contributed by atoms with E-state index in [4.69, 9.17) is 17.3 Å². The second-order valence-electron chi connectivity index (χ2n) is 3.86. The number of nitrogens with zero attached hydrogens (tertiary/aromatic N) is 1. The van der Waals surface area contributed by atoms with Gasteiger partial charge in [-0.2, -0.15) is 0 Å². The fraction of sp³-hybridized carbons (Fsp3) is 0.385. The summed E-state index contributed by atoms with van der Waals surface area (Å²) in [7, 11) is 0. The topological polar surface area (TPSA) is 40.5 Å². The summed E-state index contributed by atoms with van der Waals surface area (Å²) in [4.78, 5) is 13.7. The third kappa shape index (κ3) is 5.52. The highest BCUT2D eigenvalue weighted by Crippen LogP contribution is 2.17. The maximum absolute atomic E-state index is 12.1. The fourth-order valence-corrected chi connectivity index (χ4v) is 2.45. The number of aliphatic hydroxyl groups excluding tert-OH is 1. The van der Waals surface area contributed by atoms with Crippen LogP contribution in [-0.4, -0.2) is 39.1 Å². The normalized spacial score (nSPS) is 10.3. The zero-order chi connectivity index (χ0) is 14.3. The molecule has 0 radical (unpaired) electrons. The molecule has 0 aromatic heterocycles. The van der Waals surface area contributed by atoms with Crippen molar-refractivity contribution in [2.75, 3.05) is 19.7 Å². The lowest BCUT2D eigenvalue weighted by Crippen LogP contribution is -2.33. The van der Waals surface area contributed by atoms with E-state index < -0.39 is 0 Å². The second-order valence-corrected chi connectivity index (χ2v) is 6.56. The van der Waals surface area contributed by atoms with Gasteiger partial charge in [0.05, 0.1) is 6.61 Å². The van der Waals surface area contributed by atoms with Gasteiger partial charge in [-0.25, -0.2) is 0 Å². The zero-order valence-corrected chi connectivity index (χ0v) is 13.2. The molecular weight excluding hydrogens is 298 g/mol. The van der Waals surface area contributed by atoms with Crippen LogP contribution >= 0.6 is 36.6 Å². The molecule has 0 heterocycles. The van der Waals surface area contributed by atoms with Crippen molar-refractivity contribution in [2.24, 2.45) is 0 Å². The number of likely N-dealkylation sites (N-methyl/N-ethyl adjacent to an activating group) is 1. The Morgan fingerprint density at radius 2 is 2.05 bits per heavy atom. The minimum atomic E-state index is -0.0551. The monoisotopic (exact) mass is 315 g/mol. The van der Waals surface area contributed by atoms with Gasteiger partial charge in [0, 0.05) is 24.4 Å². The average Bonchev–Trinajstić information content (AvgIpc) is 2.42. The number of hydrogen-bond donors (Lipinski definition) is 2. The van der Waals surface area contributed by atoms with E-state index in [1.807, 2.05) is 19.1 Å². The summed E-state index contributed by atoms with van der Waals surface area (Å²) >= 11 is 10.4. The number of thioether (sulfide) groups is 1. The van der Waals surface area contributed by atoms with Gasteiger partial charge in [0.2, 0.25) is 0 Å². The first-order valence-electron chi connectivity index (χ1n) is 5.93. The summed E-state index contributed by atoms with van der Waals surface area (Å²) in [6.45, 7) is 2.83. The molecule has 1 N–H and O–H groups in total. The Hall–Kier alpha value is -0.560. The first-order chi connectivity index (χ1) is 9.08. The highest BCUT2D eigenvalue weighted by Gasteiger charge is 2.13. The summed E-state index contributed by atoms with van der Waals surface area (Å²) < 4.78 is 0.611. The van der Waals surface area contributed by atoms with Gasteiger partial charge < -0.3 is 10.0 Å².